The van der Waals surface area contributed by atoms with Crippen molar-refractivity contribution in [1.29, 1.82) is 0 Å². The largest absolute Gasteiger partial charge is 0.378 e. The lowest BCUT2D eigenvalue weighted by molar-refractivity contribution is -0.238. The number of morpholine rings is 1. The fourth-order valence-electron chi connectivity index (χ4n) is 1.35. The minimum absolute atomic E-state index is 0.152. The van der Waals surface area contributed by atoms with E-state index in [1.165, 1.54) is 0 Å². The molecule has 76 valence electrons. The molecule has 0 spiro atoms. The summed E-state index contributed by atoms with van der Waals surface area (Å²) in [6, 6.07) is 0.304. The predicted octanol–water partition coefficient (Wildman–Crippen LogP) is 0.964. The van der Waals surface area contributed by atoms with Crippen molar-refractivity contribution in [1.82, 2.24) is 5.06 Å². The maximum atomic E-state index is 11.1. The van der Waals surface area contributed by atoms with E-state index in [1.807, 2.05) is 13.8 Å². The van der Waals surface area contributed by atoms with E-state index in [0.29, 0.717) is 19.6 Å². The van der Waals surface area contributed by atoms with Gasteiger partial charge in [0, 0.05) is 6.42 Å². The van der Waals surface area contributed by atoms with Gasteiger partial charge in [-0.25, -0.2) is 0 Å². The average molecular weight is 187 g/mol. The van der Waals surface area contributed by atoms with Crippen LogP contribution in [0.5, 0.6) is 0 Å². The monoisotopic (exact) mass is 187 g/mol. The zero-order valence-corrected chi connectivity index (χ0v) is 8.45. The van der Waals surface area contributed by atoms with E-state index < -0.39 is 0 Å². The van der Waals surface area contributed by atoms with Gasteiger partial charge in [-0.2, -0.15) is 0 Å². The Morgan fingerprint density at radius 2 is 2.00 bits per heavy atom. The van der Waals surface area contributed by atoms with Crippen LogP contribution >= 0.6 is 0 Å². The molecule has 0 aromatic carbocycles. The van der Waals surface area contributed by atoms with Crippen molar-refractivity contribution in [2.45, 2.75) is 39.3 Å². The summed E-state index contributed by atoms with van der Waals surface area (Å²) in [4.78, 5) is 16.2. The lowest BCUT2D eigenvalue weighted by atomic mass is 10.2. The first kappa shape index (κ1) is 10.5. The molecule has 0 saturated carbocycles. The first-order valence-electron chi connectivity index (χ1n) is 4.72. The summed E-state index contributed by atoms with van der Waals surface area (Å²) in [6.07, 6.45) is 0.413. The van der Waals surface area contributed by atoms with E-state index >= 15 is 0 Å². The second kappa shape index (κ2) is 4.58. The van der Waals surface area contributed by atoms with Crippen LogP contribution in [0.1, 0.15) is 27.2 Å². The highest BCUT2D eigenvalue weighted by Gasteiger charge is 2.28. The Bertz CT molecular complexity index is 174. The van der Waals surface area contributed by atoms with Gasteiger partial charge in [0.2, 0.25) is 0 Å². The molecule has 0 bridgehead atoms. The van der Waals surface area contributed by atoms with Crippen molar-refractivity contribution in [2.75, 3.05) is 13.2 Å². The number of carbonyl (C=O) groups is 1. The van der Waals surface area contributed by atoms with Crippen LogP contribution < -0.4 is 0 Å². The molecule has 1 rings (SSSR count). The molecule has 1 heterocycles. The van der Waals surface area contributed by atoms with Gasteiger partial charge in [-0.3, -0.25) is 4.79 Å². The molecule has 4 nitrogen and oxygen atoms in total. The first-order chi connectivity index (χ1) is 6.15. The third-order valence-corrected chi connectivity index (χ3v) is 2.08. The summed E-state index contributed by atoms with van der Waals surface area (Å²) < 4.78 is 5.31. The lowest BCUT2D eigenvalue weighted by Crippen LogP contribution is -2.50. The highest BCUT2D eigenvalue weighted by Crippen LogP contribution is 2.13. The quantitative estimate of drug-likeness (QED) is 0.645. The van der Waals surface area contributed by atoms with Crippen molar-refractivity contribution < 1.29 is 14.4 Å². The second-order valence-corrected chi connectivity index (χ2v) is 3.41. The topological polar surface area (TPSA) is 38.8 Å². The lowest BCUT2D eigenvalue weighted by Gasteiger charge is -2.36. The number of hydrogen-bond donors (Lipinski definition) is 0. The van der Waals surface area contributed by atoms with Crippen molar-refractivity contribution >= 4 is 5.97 Å². The third-order valence-electron chi connectivity index (χ3n) is 2.08. The number of carbonyl (C=O) groups excluding carboxylic acids is 1. The van der Waals surface area contributed by atoms with Gasteiger partial charge in [-0.15, -0.1) is 5.06 Å². The van der Waals surface area contributed by atoms with Crippen LogP contribution in [0.15, 0.2) is 0 Å². The molecule has 0 aliphatic carbocycles. The van der Waals surface area contributed by atoms with Gasteiger partial charge in [0.25, 0.3) is 0 Å². The molecule has 2 atom stereocenters. The van der Waals surface area contributed by atoms with Crippen LogP contribution in [-0.2, 0) is 14.4 Å². The summed E-state index contributed by atoms with van der Waals surface area (Å²) in [6.45, 7) is 7.01. The van der Waals surface area contributed by atoms with Crippen LogP contribution in [0.2, 0.25) is 0 Å². The molecule has 4 heteroatoms. The molecule has 0 aromatic heterocycles. The number of hydroxylamine groups is 2. The zero-order valence-electron chi connectivity index (χ0n) is 8.45. The highest BCUT2D eigenvalue weighted by atomic mass is 16.7. The zero-order chi connectivity index (χ0) is 9.84. The molecular formula is C9H17NO3. The minimum Gasteiger partial charge on any atom is -0.378 e. The minimum atomic E-state index is -0.180. The Labute approximate surface area is 78.8 Å². The maximum absolute atomic E-state index is 11.1. The van der Waals surface area contributed by atoms with Crippen molar-refractivity contribution in [3.63, 3.8) is 0 Å². The fraction of sp³-hybridized carbons (Fsp3) is 0.889. The summed E-state index contributed by atoms with van der Waals surface area (Å²) in [5.41, 5.74) is 0. The van der Waals surface area contributed by atoms with E-state index in [2.05, 4.69) is 0 Å². The van der Waals surface area contributed by atoms with E-state index in [-0.39, 0.29) is 18.1 Å². The SMILES string of the molecule is CCC(=O)ON1C(C)COCC1C. The van der Waals surface area contributed by atoms with Crippen LogP contribution in [0.25, 0.3) is 0 Å². The van der Waals surface area contributed by atoms with Crippen LogP contribution in [0.4, 0.5) is 0 Å². The Hall–Kier alpha value is -0.610. The molecular weight excluding hydrogens is 170 g/mol. The predicted molar refractivity (Wildman–Crippen MR) is 48.0 cm³/mol. The summed E-state index contributed by atoms with van der Waals surface area (Å²) in [7, 11) is 0. The van der Waals surface area contributed by atoms with Gasteiger partial charge >= 0.3 is 5.97 Å². The van der Waals surface area contributed by atoms with Crippen LogP contribution in [0, 0.1) is 0 Å². The normalized spacial score (nSPS) is 30.1. The van der Waals surface area contributed by atoms with E-state index in [9.17, 15) is 4.79 Å². The highest BCUT2D eigenvalue weighted by molar-refractivity contribution is 5.68. The molecule has 0 aromatic rings. The van der Waals surface area contributed by atoms with Gasteiger partial charge in [0.05, 0.1) is 25.3 Å². The summed E-state index contributed by atoms with van der Waals surface area (Å²) >= 11 is 0. The van der Waals surface area contributed by atoms with Gasteiger partial charge in [-0.05, 0) is 13.8 Å². The van der Waals surface area contributed by atoms with Gasteiger partial charge in [-0.1, -0.05) is 6.92 Å². The maximum Gasteiger partial charge on any atom is 0.324 e. The van der Waals surface area contributed by atoms with Gasteiger partial charge in [0.15, 0.2) is 0 Å². The molecule has 1 saturated heterocycles. The van der Waals surface area contributed by atoms with Crippen LogP contribution in [0.3, 0.4) is 0 Å². The molecule has 2 unspecified atom stereocenters. The van der Waals surface area contributed by atoms with E-state index in [4.69, 9.17) is 9.57 Å². The van der Waals surface area contributed by atoms with Crippen molar-refractivity contribution in [3.8, 4) is 0 Å². The third kappa shape index (κ3) is 2.67. The fourth-order valence-corrected chi connectivity index (χ4v) is 1.35. The smallest absolute Gasteiger partial charge is 0.324 e. The second-order valence-electron chi connectivity index (χ2n) is 3.41. The Balaban J connectivity index is 2.48. The van der Waals surface area contributed by atoms with Crippen LogP contribution in [-0.4, -0.2) is 36.3 Å². The summed E-state index contributed by atoms with van der Waals surface area (Å²) in [5, 5.41) is 1.73. The molecule has 0 amide bonds. The molecule has 13 heavy (non-hydrogen) atoms. The molecule has 1 fully saturated rings. The molecule has 0 N–H and O–H groups in total. The molecule has 1 aliphatic heterocycles. The van der Waals surface area contributed by atoms with Gasteiger partial charge < -0.3 is 9.57 Å². The molecule has 0 radical (unpaired) electrons. The Morgan fingerprint density at radius 3 is 2.46 bits per heavy atom. The number of hydrogen-bond acceptors (Lipinski definition) is 4. The number of nitrogens with zero attached hydrogens (tertiary/aromatic N) is 1. The standard InChI is InChI=1S/C9H17NO3/c1-4-9(11)13-10-7(2)5-12-6-8(10)3/h7-8H,4-6H2,1-3H3. The van der Waals surface area contributed by atoms with E-state index in [1.54, 1.807) is 12.0 Å². The Morgan fingerprint density at radius 1 is 1.46 bits per heavy atom. The number of ether oxygens (including phenoxy) is 1. The number of rotatable bonds is 2. The molecule has 1 aliphatic rings. The summed E-state index contributed by atoms with van der Waals surface area (Å²) in [5.74, 6) is -0.180. The van der Waals surface area contributed by atoms with Crippen molar-refractivity contribution in [2.24, 2.45) is 0 Å². The van der Waals surface area contributed by atoms with E-state index in [0.717, 1.165) is 0 Å². The Kier molecular flexibility index (Phi) is 3.69. The van der Waals surface area contributed by atoms with Crippen molar-refractivity contribution in [3.05, 3.63) is 0 Å². The average Bonchev–Trinajstić information content (AvgIpc) is 2.11. The van der Waals surface area contributed by atoms with Gasteiger partial charge in [0.1, 0.15) is 0 Å². The first-order valence-corrected chi connectivity index (χ1v) is 4.72.